The van der Waals surface area contributed by atoms with Crippen LogP contribution in [0.1, 0.15) is 33.3 Å². The number of para-hydroxylation sites is 3. The number of hydrogen-bond acceptors (Lipinski definition) is 5. The number of furan rings is 1. The Morgan fingerprint density at radius 1 is 0.500 bits per heavy atom. The van der Waals surface area contributed by atoms with Crippen LogP contribution in [0, 0.1) is 11.3 Å². The Morgan fingerprint density at radius 3 is 1.72 bits per heavy atom. The van der Waals surface area contributed by atoms with Crippen LogP contribution in [0.2, 0.25) is 0 Å². The summed E-state index contributed by atoms with van der Waals surface area (Å²) in [5, 5.41) is 16.2. The molecule has 0 spiro atoms. The molecule has 0 radical (unpaired) electrons. The van der Waals surface area contributed by atoms with Crippen LogP contribution in [0.5, 0.6) is 0 Å². The molecule has 7 aromatic carbocycles. The Balaban J connectivity index is 0.000000717. The van der Waals surface area contributed by atoms with Gasteiger partial charge in [0.15, 0.2) is 5.58 Å². The average molecular weight is 758 g/mol. The van der Waals surface area contributed by atoms with E-state index in [4.69, 9.17) is 4.42 Å². The normalized spacial score (nSPS) is 10.8. The van der Waals surface area contributed by atoms with E-state index in [9.17, 15) is 5.26 Å². The van der Waals surface area contributed by atoms with Gasteiger partial charge in [-0.25, -0.2) is 0 Å². The van der Waals surface area contributed by atoms with Crippen LogP contribution in [0.4, 0.5) is 0 Å². The lowest BCUT2D eigenvalue weighted by Crippen LogP contribution is -1.95. The molecule has 3 heterocycles. The van der Waals surface area contributed by atoms with E-state index in [1.165, 1.54) is 27.2 Å². The number of nitriles is 1. The second-order valence-electron chi connectivity index (χ2n) is 12.1. The number of hydrogen-bond donors (Lipinski definition) is 2. The van der Waals surface area contributed by atoms with Crippen molar-refractivity contribution in [1.82, 2.24) is 9.13 Å². The zero-order valence-electron chi connectivity index (χ0n) is 30.5. The van der Waals surface area contributed by atoms with Crippen LogP contribution in [-0.4, -0.2) is 9.13 Å². The van der Waals surface area contributed by atoms with Gasteiger partial charge in [0.05, 0.1) is 33.7 Å². The second kappa shape index (κ2) is 16.2. The van der Waals surface area contributed by atoms with Gasteiger partial charge in [0.25, 0.3) is 0 Å². The van der Waals surface area contributed by atoms with Gasteiger partial charge in [-0.05, 0) is 91.0 Å². The van der Waals surface area contributed by atoms with Crippen molar-refractivity contribution < 1.29 is 4.42 Å². The van der Waals surface area contributed by atoms with Gasteiger partial charge in [-0.2, -0.15) is 5.26 Å². The summed E-state index contributed by atoms with van der Waals surface area (Å²) in [6.07, 6.45) is 0. The standard InChI is InChI=1S/C43H25N3OS.2C2H6.H2S2/c44-26-27-14-18-30(19-15-27)48-31-20-16-29(17-21-31)46-40-24-36-32-10-4-6-12-38(32)45(28-8-2-1-3-9-28)39(36)25-37(40)34-22-23-35-33-11-5-7-13-41(33)47-43(35)42(34)46;3*1-2/h1-25H;2*1-2H3;1-2H. The highest BCUT2D eigenvalue weighted by atomic mass is 33.1. The Hall–Kier alpha value is -5.52. The van der Waals surface area contributed by atoms with E-state index in [-0.39, 0.29) is 0 Å². The molecule has 0 atom stereocenters. The summed E-state index contributed by atoms with van der Waals surface area (Å²) in [5.74, 6) is 0. The molecule has 0 N–H and O–H groups in total. The Labute approximate surface area is 329 Å². The first kappa shape index (κ1) is 36.8. The molecule has 54 heavy (non-hydrogen) atoms. The van der Waals surface area contributed by atoms with Crippen LogP contribution in [0.25, 0.3) is 76.9 Å². The fraction of sp³-hybridized carbons (Fsp3) is 0.0851. The van der Waals surface area contributed by atoms with Crippen molar-refractivity contribution in [3.8, 4) is 17.4 Å². The number of benzene rings is 7. The average Bonchev–Trinajstić information content (AvgIpc) is 3.90. The van der Waals surface area contributed by atoms with Crippen molar-refractivity contribution in [2.24, 2.45) is 0 Å². The highest BCUT2D eigenvalue weighted by Crippen LogP contribution is 2.43. The lowest BCUT2D eigenvalue weighted by atomic mass is 10.1. The molecule has 10 rings (SSSR count). The maximum absolute atomic E-state index is 9.19. The van der Waals surface area contributed by atoms with E-state index in [1.807, 2.05) is 64.1 Å². The fourth-order valence-electron chi connectivity index (χ4n) is 7.26. The quantitative estimate of drug-likeness (QED) is 0.139. The van der Waals surface area contributed by atoms with E-state index < -0.39 is 0 Å². The van der Waals surface area contributed by atoms with Crippen molar-refractivity contribution in [3.63, 3.8) is 0 Å². The number of aromatic nitrogens is 2. The monoisotopic (exact) mass is 757 g/mol. The van der Waals surface area contributed by atoms with Crippen molar-refractivity contribution in [1.29, 1.82) is 5.26 Å². The molecule has 0 saturated heterocycles. The predicted octanol–water partition coefficient (Wildman–Crippen LogP) is 14.6. The Kier molecular flexibility index (Phi) is 11.1. The van der Waals surface area contributed by atoms with Gasteiger partial charge < -0.3 is 13.6 Å². The maximum Gasteiger partial charge on any atom is 0.160 e. The van der Waals surface area contributed by atoms with Crippen molar-refractivity contribution >= 4 is 101 Å². The predicted molar refractivity (Wildman–Crippen MR) is 238 cm³/mol. The van der Waals surface area contributed by atoms with Gasteiger partial charge >= 0.3 is 0 Å². The molecule has 4 nitrogen and oxygen atoms in total. The SMILES string of the molecule is CC.CC.N#Cc1ccc(Sc2ccc(-n3c4cc5c6ccccc6n(-c6ccccc6)c5cc4c4ccc5c6ccccc6oc5c43)cc2)cc1.SS. The highest BCUT2D eigenvalue weighted by molar-refractivity contribution is 8.59. The van der Waals surface area contributed by atoms with Crippen LogP contribution in [0.3, 0.4) is 0 Å². The maximum atomic E-state index is 9.19. The lowest BCUT2D eigenvalue weighted by molar-refractivity contribution is 0.671. The topological polar surface area (TPSA) is 46.8 Å². The third-order valence-corrected chi connectivity index (χ3v) is 10.4. The van der Waals surface area contributed by atoms with Gasteiger partial charge in [-0.1, -0.05) is 100 Å². The zero-order chi connectivity index (χ0) is 37.8. The third-order valence-electron chi connectivity index (χ3n) is 9.39. The highest BCUT2D eigenvalue weighted by Gasteiger charge is 2.22. The minimum atomic E-state index is 0.666. The largest absolute Gasteiger partial charge is 0.454 e. The molecule has 3 aromatic heterocycles. The Morgan fingerprint density at radius 2 is 1.04 bits per heavy atom. The fourth-order valence-corrected chi connectivity index (χ4v) is 8.08. The second-order valence-corrected chi connectivity index (χ2v) is 13.2. The van der Waals surface area contributed by atoms with Crippen molar-refractivity contribution in [3.05, 3.63) is 157 Å². The number of thiol groups is 2. The lowest BCUT2D eigenvalue weighted by Gasteiger charge is -2.10. The van der Waals surface area contributed by atoms with Crippen LogP contribution < -0.4 is 0 Å². The molecular weight excluding hydrogens is 719 g/mol. The summed E-state index contributed by atoms with van der Waals surface area (Å²) in [6.45, 7) is 8.00. The molecule has 0 aliphatic heterocycles. The van der Waals surface area contributed by atoms with Gasteiger partial charge in [-0.3, -0.25) is 0 Å². The summed E-state index contributed by atoms with van der Waals surface area (Å²) < 4.78 is 11.4. The summed E-state index contributed by atoms with van der Waals surface area (Å²) >= 11 is 8.13. The minimum Gasteiger partial charge on any atom is -0.454 e. The molecule has 266 valence electrons. The van der Waals surface area contributed by atoms with Gasteiger partial charge in [0.2, 0.25) is 0 Å². The van der Waals surface area contributed by atoms with E-state index in [2.05, 4.69) is 154 Å². The van der Waals surface area contributed by atoms with Crippen LogP contribution in [0.15, 0.2) is 166 Å². The van der Waals surface area contributed by atoms with Crippen LogP contribution in [-0.2, 0) is 0 Å². The molecule has 0 aliphatic rings. The first-order chi connectivity index (χ1) is 26.7. The number of fused-ring (bicyclic) bond motifs is 10. The van der Waals surface area contributed by atoms with E-state index in [0.717, 1.165) is 59.5 Å². The summed E-state index contributed by atoms with van der Waals surface area (Å²) in [7, 11) is 0. The van der Waals surface area contributed by atoms with E-state index in [0.29, 0.717) is 5.56 Å². The molecule has 10 aromatic rings. The molecule has 0 fully saturated rings. The smallest absolute Gasteiger partial charge is 0.160 e. The molecule has 0 bridgehead atoms. The van der Waals surface area contributed by atoms with E-state index >= 15 is 0 Å². The molecule has 0 unspecified atom stereocenters. The van der Waals surface area contributed by atoms with Gasteiger partial charge in [-0.15, -0.1) is 23.3 Å². The zero-order valence-corrected chi connectivity index (χ0v) is 33.1. The minimum absolute atomic E-state index is 0.666. The molecule has 0 saturated carbocycles. The first-order valence-electron chi connectivity index (χ1n) is 18.1. The summed E-state index contributed by atoms with van der Waals surface area (Å²) in [5.41, 5.74) is 9.21. The molecule has 7 heteroatoms. The molecule has 0 aliphatic carbocycles. The van der Waals surface area contributed by atoms with Gasteiger partial charge in [0.1, 0.15) is 5.58 Å². The van der Waals surface area contributed by atoms with E-state index in [1.54, 1.807) is 11.8 Å². The first-order valence-corrected chi connectivity index (χ1v) is 20.5. The molecule has 0 amide bonds. The van der Waals surface area contributed by atoms with Crippen molar-refractivity contribution in [2.45, 2.75) is 37.5 Å². The van der Waals surface area contributed by atoms with Crippen LogP contribution >= 0.6 is 35.1 Å². The van der Waals surface area contributed by atoms with Gasteiger partial charge in [0, 0.05) is 53.5 Å². The van der Waals surface area contributed by atoms with Crippen molar-refractivity contribution in [2.75, 3.05) is 0 Å². The molecular formula is C47H39N3OS3. The Bertz CT molecular complexity index is 2920. The number of nitrogens with zero attached hydrogens (tertiary/aromatic N) is 3. The summed E-state index contributed by atoms with van der Waals surface area (Å²) in [6, 6.07) is 55.4. The number of rotatable bonds is 4. The summed E-state index contributed by atoms with van der Waals surface area (Å²) in [4.78, 5) is 2.23. The third kappa shape index (κ3) is 6.31.